The molecule has 0 rings (SSSR count). The first kappa shape index (κ1) is 30.1. The fourth-order valence-electron chi connectivity index (χ4n) is 2.51. The second kappa shape index (κ2) is 18.7. The Morgan fingerprint density at radius 2 is 1.58 bits per heavy atom. The average Bonchev–Trinajstić information content (AvgIpc) is 2.71. The molecule has 0 spiro atoms. The molecule has 0 aromatic rings. The van der Waals surface area contributed by atoms with Gasteiger partial charge >= 0.3 is 17.9 Å². The Kier molecular flexibility index (Phi) is 17.1. The first-order chi connectivity index (χ1) is 15.6. The van der Waals surface area contributed by atoms with Crippen LogP contribution in [0.3, 0.4) is 0 Å². The molecular formula is C23H33NO8S. The molecule has 184 valence electrons. The third-order valence-corrected chi connectivity index (χ3v) is 5.52. The molecular weight excluding hydrogens is 450 g/mol. The number of aliphatic hydroxyl groups is 1. The lowest BCUT2D eigenvalue weighted by molar-refractivity contribution is -0.141. The quantitative estimate of drug-likeness (QED) is 0.146. The maximum Gasteiger partial charge on any atom is 0.327 e. The van der Waals surface area contributed by atoms with Gasteiger partial charge in [0.15, 0.2) is 0 Å². The number of thioether (sulfide) groups is 1. The summed E-state index contributed by atoms with van der Waals surface area (Å²) in [6, 6.07) is -1.10. The van der Waals surface area contributed by atoms with Gasteiger partial charge in [-0.1, -0.05) is 48.6 Å². The maximum absolute atomic E-state index is 11.3. The number of allylic oxidation sites excluding steroid dienone is 7. The first-order valence-electron chi connectivity index (χ1n) is 10.5. The zero-order valence-electron chi connectivity index (χ0n) is 18.6. The first-order valence-corrected chi connectivity index (χ1v) is 11.6. The molecule has 0 aliphatic carbocycles. The molecule has 33 heavy (non-hydrogen) atoms. The van der Waals surface area contributed by atoms with E-state index in [0.717, 1.165) is 0 Å². The smallest absolute Gasteiger partial charge is 0.327 e. The fourth-order valence-corrected chi connectivity index (χ4v) is 3.71. The van der Waals surface area contributed by atoms with Crippen LogP contribution in [0.25, 0.3) is 0 Å². The van der Waals surface area contributed by atoms with Crippen molar-refractivity contribution in [2.75, 3.05) is 5.75 Å². The van der Waals surface area contributed by atoms with Gasteiger partial charge in [0.2, 0.25) is 5.91 Å². The number of nitrogens with one attached hydrogen (secondary N) is 1. The highest BCUT2D eigenvalue weighted by Crippen LogP contribution is 2.21. The van der Waals surface area contributed by atoms with Crippen molar-refractivity contribution in [2.45, 2.75) is 62.8 Å². The normalized spacial score (nSPS) is 14.7. The highest BCUT2D eigenvalue weighted by Gasteiger charge is 2.23. The van der Waals surface area contributed by atoms with Crippen LogP contribution in [0.2, 0.25) is 0 Å². The standard InChI is InChI=1S/C23H33NO8S/c1-17(25)24-18(23(31)32)16-33-20(19(26)12-11-15-22(29)30)13-9-7-5-3-2-4-6-8-10-14-21(27)28/h2-3,5-9,13,18-20,26H,4,10-12,14-16H2,1H3,(H,24,25)(H,27,28)(H,29,30)(H,31,32)/b3-2-,7-5+,8-6-,13-9+/t18-,19-,20+/m0/s1. The topological polar surface area (TPSA) is 161 Å². The minimum atomic E-state index is -1.18. The summed E-state index contributed by atoms with van der Waals surface area (Å²) >= 11 is 1.17. The molecule has 0 heterocycles. The van der Waals surface area contributed by atoms with Crippen molar-refractivity contribution in [3.8, 4) is 0 Å². The molecule has 5 N–H and O–H groups in total. The summed E-state index contributed by atoms with van der Waals surface area (Å²) in [4.78, 5) is 43.6. The SMILES string of the molecule is CC(=O)N[C@@H](CS[C@H](/C=C/C=C/C=C\C/C=C\CCC(=O)O)[C@@H](O)CCCC(=O)O)C(=O)O. The van der Waals surface area contributed by atoms with E-state index in [-0.39, 0.29) is 31.4 Å². The van der Waals surface area contributed by atoms with Crippen LogP contribution in [-0.4, -0.2) is 67.4 Å². The summed E-state index contributed by atoms with van der Waals surface area (Å²) in [7, 11) is 0. The number of aliphatic carboxylic acids is 3. The van der Waals surface area contributed by atoms with Crippen molar-refractivity contribution in [1.29, 1.82) is 0 Å². The maximum atomic E-state index is 11.3. The van der Waals surface area contributed by atoms with Gasteiger partial charge in [-0.25, -0.2) is 4.79 Å². The zero-order valence-corrected chi connectivity index (χ0v) is 19.4. The monoisotopic (exact) mass is 483 g/mol. The van der Waals surface area contributed by atoms with Gasteiger partial charge in [0.25, 0.3) is 0 Å². The van der Waals surface area contributed by atoms with Crippen molar-refractivity contribution < 1.29 is 39.6 Å². The number of hydrogen-bond donors (Lipinski definition) is 5. The zero-order chi connectivity index (χ0) is 25.1. The summed E-state index contributed by atoms with van der Waals surface area (Å²) in [5.74, 6) is -3.39. The van der Waals surface area contributed by atoms with E-state index in [1.54, 1.807) is 30.4 Å². The minimum Gasteiger partial charge on any atom is -0.481 e. The second-order valence-corrected chi connectivity index (χ2v) is 8.29. The average molecular weight is 484 g/mol. The van der Waals surface area contributed by atoms with Crippen LogP contribution in [0.5, 0.6) is 0 Å². The Bertz CT molecular complexity index is 745. The van der Waals surface area contributed by atoms with E-state index in [4.69, 9.17) is 10.2 Å². The number of carboxylic acids is 3. The van der Waals surface area contributed by atoms with Gasteiger partial charge in [0, 0.05) is 30.8 Å². The van der Waals surface area contributed by atoms with Crippen LogP contribution in [0.4, 0.5) is 0 Å². The van der Waals surface area contributed by atoms with E-state index < -0.39 is 41.2 Å². The highest BCUT2D eigenvalue weighted by molar-refractivity contribution is 8.00. The molecule has 1 amide bonds. The minimum absolute atomic E-state index is 0.0394. The molecule has 0 bridgehead atoms. The number of carbonyl (C=O) groups is 4. The number of rotatable bonds is 18. The third kappa shape index (κ3) is 18.4. The molecule has 0 saturated carbocycles. The molecule has 0 aromatic carbocycles. The Morgan fingerprint density at radius 1 is 0.909 bits per heavy atom. The number of carbonyl (C=O) groups excluding carboxylic acids is 1. The van der Waals surface area contributed by atoms with Crippen molar-refractivity contribution in [3.05, 3.63) is 48.6 Å². The molecule has 0 radical (unpaired) electrons. The lowest BCUT2D eigenvalue weighted by Crippen LogP contribution is -2.42. The summed E-state index contributed by atoms with van der Waals surface area (Å²) < 4.78 is 0. The fraction of sp³-hybridized carbons (Fsp3) is 0.478. The Labute approximate surface area is 198 Å². The molecule has 9 nitrogen and oxygen atoms in total. The van der Waals surface area contributed by atoms with Crippen LogP contribution >= 0.6 is 11.8 Å². The predicted octanol–water partition coefficient (Wildman–Crippen LogP) is 2.77. The molecule has 10 heteroatoms. The van der Waals surface area contributed by atoms with Gasteiger partial charge < -0.3 is 25.7 Å². The van der Waals surface area contributed by atoms with Gasteiger partial charge in [0.05, 0.1) is 6.10 Å². The van der Waals surface area contributed by atoms with Crippen molar-refractivity contribution in [2.24, 2.45) is 0 Å². The van der Waals surface area contributed by atoms with Crippen LogP contribution in [0, 0.1) is 0 Å². The van der Waals surface area contributed by atoms with Gasteiger partial charge in [0.1, 0.15) is 6.04 Å². The van der Waals surface area contributed by atoms with E-state index in [1.807, 2.05) is 18.2 Å². The van der Waals surface area contributed by atoms with Crippen LogP contribution in [-0.2, 0) is 19.2 Å². The van der Waals surface area contributed by atoms with Gasteiger partial charge in [-0.05, 0) is 25.7 Å². The molecule has 0 fully saturated rings. The van der Waals surface area contributed by atoms with Crippen molar-refractivity contribution in [3.63, 3.8) is 0 Å². The van der Waals surface area contributed by atoms with Crippen LogP contribution in [0.15, 0.2) is 48.6 Å². The molecule has 0 aliphatic heterocycles. The highest BCUT2D eigenvalue weighted by atomic mass is 32.2. The van der Waals surface area contributed by atoms with Gasteiger partial charge in [-0.15, -0.1) is 11.8 Å². The third-order valence-electron chi connectivity index (χ3n) is 4.13. The molecule has 0 aliphatic rings. The van der Waals surface area contributed by atoms with E-state index in [2.05, 4.69) is 5.32 Å². The number of aliphatic hydroxyl groups excluding tert-OH is 1. The van der Waals surface area contributed by atoms with E-state index in [0.29, 0.717) is 12.8 Å². The Hall–Kier alpha value is -2.85. The van der Waals surface area contributed by atoms with Crippen LogP contribution < -0.4 is 5.32 Å². The van der Waals surface area contributed by atoms with Gasteiger partial charge in [-0.2, -0.15) is 0 Å². The lowest BCUT2D eigenvalue weighted by Gasteiger charge is -2.21. The molecule has 0 saturated heterocycles. The summed E-state index contributed by atoms with van der Waals surface area (Å²) in [6.07, 6.45) is 15.1. The number of carboxylic acid groups (broad SMARTS) is 3. The second-order valence-electron chi connectivity index (χ2n) is 7.08. The molecule has 0 aromatic heterocycles. The number of hydrogen-bond acceptors (Lipinski definition) is 6. The van der Waals surface area contributed by atoms with E-state index >= 15 is 0 Å². The lowest BCUT2D eigenvalue weighted by atomic mass is 10.1. The molecule has 0 unspecified atom stereocenters. The van der Waals surface area contributed by atoms with Gasteiger partial charge in [-0.3, -0.25) is 14.4 Å². The largest absolute Gasteiger partial charge is 0.481 e. The summed E-state index contributed by atoms with van der Waals surface area (Å²) in [6.45, 7) is 1.23. The Morgan fingerprint density at radius 3 is 2.18 bits per heavy atom. The van der Waals surface area contributed by atoms with Crippen molar-refractivity contribution in [1.82, 2.24) is 5.32 Å². The number of amides is 1. The van der Waals surface area contributed by atoms with E-state index in [9.17, 15) is 29.4 Å². The van der Waals surface area contributed by atoms with Crippen LogP contribution in [0.1, 0.15) is 45.4 Å². The Balaban J connectivity index is 4.83. The van der Waals surface area contributed by atoms with E-state index in [1.165, 1.54) is 18.7 Å². The van der Waals surface area contributed by atoms with Crippen molar-refractivity contribution >= 4 is 35.6 Å². The molecule has 3 atom stereocenters. The summed E-state index contributed by atoms with van der Waals surface area (Å²) in [5.41, 5.74) is 0. The predicted molar refractivity (Wildman–Crippen MR) is 127 cm³/mol. The summed E-state index contributed by atoms with van der Waals surface area (Å²) in [5, 5.41) is 38.9.